The first-order valence-corrected chi connectivity index (χ1v) is 6.17. The van der Waals surface area contributed by atoms with E-state index in [2.05, 4.69) is 30.7 Å². The van der Waals surface area contributed by atoms with Crippen LogP contribution in [0.3, 0.4) is 0 Å². The predicted octanol–water partition coefficient (Wildman–Crippen LogP) is 2.20. The summed E-state index contributed by atoms with van der Waals surface area (Å²) in [5.74, 6) is -0.0230. The summed E-state index contributed by atoms with van der Waals surface area (Å²) in [6.07, 6.45) is 1.22. The molecular weight excluding hydrogens is 217 g/mol. The van der Waals surface area contributed by atoms with Crippen molar-refractivity contribution in [3.63, 3.8) is 0 Å². The molecule has 2 atom stereocenters. The van der Waals surface area contributed by atoms with Gasteiger partial charge < -0.3 is 10.6 Å². The molecule has 0 radical (unpaired) electrons. The Balaban J connectivity index is 2.62. The van der Waals surface area contributed by atoms with Crippen LogP contribution in [0, 0.1) is 11.7 Å². The van der Waals surface area contributed by atoms with E-state index in [1.807, 2.05) is 0 Å². The number of pyridine rings is 1. The fourth-order valence-corrected chi connectivity index (χ4v) is 1.88. The van der Waals surface area contributed by atoms with Gasteiger partial charge in [0, 0.05) is 6.54 Å². The molecule has 0 amide bonds. The minimum atomic E-state index is -0.322. The number of hydrogen-bond donors (Lipinski definition) is 1. The van der Waals surface area contributed by atoms with Crippen molar-refractivity contribution >= 4 is 0 Å². The second kappa shape index (κ2) is 6.67. The van der Waals surface area contributed by atoms with Crippen molar-refractivity contribution in [2.75, 3.05) is 19.6 Å². The Morgan fingerprint density at radius 2 is 2.00 bits per heavy atom. The first kappa shape index (κ1) is 14.1. The number of hydrogen-bond acceptors (Lipinski definition) is 3. The SMILES string of the molecule is CCN(CC)CC(C)C(N)c1ccc(F)cn1. The molecule has 0 aliphatic carbocycles. The third-order valence-corrected chi connectivity index (χ3v) is 3.15. The van der Waals surface area contributed by atoms with Gasteiger partial charge in [-0.05, 0) is 31.1 Å². The molecule has 0 aliphatic rings. The largest absolute Gasteiger partial charge is 0.322 e. The van der Waals surface area contributed by atoms with E-state index in [0.717, 1.165) is 25.3 Å². The van der Waals surface area contributed by atoms with Crippen molar-refractivity contribution in [3.8, 4) is 0 Å². The van der Waals surface area contributed by atoms with Crippen LogP contribution in [0.1, 0.15) is 32.5 Å². The Bertz CT molecular complexity index is 322. The molecule has 0 bridgehead atoms. The van der Waals surface area contributed by atoms with Crippen LogP contribution in [-0.2, 0) is 0 Å². The van der Waals surface area contributed by atoms with Crippen molar-refractivity contribution in [1.82, 2.24) is 9.88 Å². The van der Waals surface area contributed by atoms with Gasteiger partial charge in [-0.2, -0.15) is 0 Å². The molecule has 17 heavy (non-hydrogen) atoms. The average Bonchev–Trinajstić information content (AvgIpc) is 2.35. The smallest absolute Gasteiger partial charge is 0.141 e. The molecule has 0 saturated heterocycles. The maximum absolute atomic E-state index is 12.8. The topological polar surface area (TPSA) is 42.1 Å². The minimum Gasteiger partial charge on any atom is -0.322 e. The Kier molecular flexibility index (Phi) is 5.51. The molecule has 1 rings (SSSR count). The highest BCUT2D eigenvalue weighted by Crippen LogP contribution is 2.18. The van der Waals surface area contributed by atoms with Crippen LogP contribution in [0.25, 0.3) is 0 Å². The van der Waals surface area contributed by atoms with Crippen molar-refractivity contribution in [2.45, 2.75) is 26.8 Å². The lowest BCUT2D eigenvalue weighted by Gasteiger charge is -2.26. The fraction of sp³-hybridized carbons (Fsp3) is 0.615. The maximum atomic E-state index is 12.8. The molecule has 0 saturated carbocycles. The highest BCUT2D eigenvalue weighted by atomic mass is 19.1. The van der Waals surface area contributed by atoms with Crippen molar-refractivity contribution in [3.05, 3.63) is 29.8 Å². The molecule has 2 N–H and O–H groups in total. The molecule has 1 aromatic heterocycles. The van der Waals surface area contributed by atoms with Crippen LogP contribution >= 0.6 is 0 Å². The summed E-state index contributed by atoms with van der Waals surface area (Å²) < 4.78 is 12.8. The van der Waals surface area contributed by atoms with E-state index in [9.17, 15) is 4.39 Å². The first-order chi connectivity index (χ1) is 8.08. The third kappa shape index (κ3) is 4.06. The number of nitrogens with two attached hydrogens (primary N) is 1. The van der Waals surface area contributed by atoms with Crippen LogP contribution in [0.5, 0.6) is 0 Å². The van der Waals surface area contributed by atoms with E-state index in [1.54, 1.807) is 6.07 Å². The van der Waals surface area contributed by atoms with Crippen molar-refractivity contribution in [1.29, 1.82) is 0 Å². The molecule has 0 aliphatic heterocycles. The number of nitrogens with zero attached hydrogens (tertiary/aromatic N) is 2. The Labute approximate surface area is 103 Å². The standard InChI is InChI=1S/C13H22FN3/c1-4-17(5-2)9-10(3)13(15)12-7-6-11(14)8-16-12/h6-8,10,13H,4-5,9,15H2,1-3H3. The third-order valence-electron chi connectivity index (χ3n) is 3.15. The van der Waals surface area contributed by atoms with E-state index in [1.165, 1.54) is 12.3 Å². The predicted molar refractivity (Wildman–Crippen MR) is 68.1 cm³/mol. The fourth-order valence-electron chi connectivity index (χ4n) is 1.88. The van der Waals surface area contributed by atoms with E-state index < -0.39 is 0 Å². The van der Waals surface area contributed by atoms with Gasteiger partial charge in [0.2, 0.25) is 0 Å². The van der Waals surface area contributed by atoms with Crippen molar-refractivity contribution < 1.29 is 4.39 Å². The summed E-state index contributed by atoms with van der Waals surface area (Å²) in [6.45, 7) is 9.35. The van der Waals surface area contributed by atoms with Gasteiger partial charge in [-0.3, -0.25) is 4.98 Å². The van der Waals surface area contributed by atoms with Crippen LogP contribution in [0.4, 0.5) is 4.39 Å². The lowest BCUT2D eigenvalue weighted by Crippen LogP contribution is -2.33. The molecule has 1 heterocycles. The van der Waals surface area contributed by atoms with E-state index in [-0.39, 0.29) is 11.9 Å². The summed E-state index contributed by atoms with van der Waals surface area (Å²) in [5, 5.41) is 0. The number of halogens is 1. The highest BCUT2D eigenvalue weighted by Gasteiger charge is 2.18. The summed E-state index contributed by atoms with van der Waals surface area (Å²) in [7, 11) is 0. The quantitative estimate of drug-likeness (QED) is 0.827. The lowest BCUT2D eigenvalue weighted by atomic mass is 9.98. The summed E-state index contributed by atoms with van der Waals surface area (Å²) in [5.41, 5.74) is 6.89. The van der Waals surface area contributed by atoms with Gasteiger partial charge in [0.15, 0.2) is 0 Å². The van der Waals surface area contributed by atoms with E-state index in [4.69, 9.17) is 5.73 Å². The van der Waals surface area contributed by atoms with Gasteiger partial charge in [0.05, 0.1) is 17.9 Å². The van der Waals surface area contributed by atoms with E-state index in [0.29, 0.717) is 5.92 Å². The zero-order chi connectivity index (χ0) is 12.8. The molecule has 3 nitrogen and oxygen atoms in total. The molecule has 0 fully saturated rings. The minimum absolute atomic E-state index is 0.142. The van der Waals surface area contributed by atoms with Gasteiger partial charge in [0.25, 0.3) is 0 Å². The first-order valence-electron chi connectivity index (χ1n) is 6.17. The van der Waals surface area contributed by atoms with E-state index >= 15 is 0 Å². The Morgan fingerprint density at radius 3 is 2.47 bits per heavy atom. The normalized spacial score (nSPS) is 14.9. The summed E-state index contributed by atoms with van der Waals surface area (Å²) in [6, 6.07) is 2.93. The summed E-state index contributed by atoms with van der Waals surface area (Å²) in [4.78, 5) is 6.37. The monoisotopic (exact) mass is 239 g/mol. The number of rotatable bonds is 6. The zero-order valence-corrected chi connectivity index (χ0v) is 10.9. The Hall–Kier alpha value is -1.00. The molecule has 0 aromatic carbocycles. The molecule has 1 aromatic rings. The van der Waals surface area contributed by atoms with Gasteiger partial charge in [-0.1, -0.05) is 20.8 Å². The average molecular weight is 239 g/mol. The van der Waals surface area contributed by atoms with Gasteiger partial charge in [-0.25, -0.2) is 4.39 Å². The maximum Gasteiger partial charge on any atom is 0.141 e. The van der Waals surface area contributed by atoms with Gasteiger partial charge in [-0.15, -0.1) is 0 Å². The van der Waals surface area contributed by atoms with Crippen LogP contribution in [0.15, 0.2) is 18.3 Å². The van der Waals surface area contributed by atoms with Crippen LogP contribution < -0.4 is 5.73 Å². The summed E-state index contributed by atoms with van der Waals surface area (Å²) >= 11 is 0. The van der Waals surface area contributed by atoms with Crippen LogP contribution in [-0.4, -0.2) is 29.5 Å². The van der Waals surface area contributed by atoms with Crippen LogP contribution in [0.2, 0.25) is 0 Å². The van der Waals surface area contributed by atoms with Gasteiger partial charge in [0.1, 0.15) is 5.82 Å². The zero-order valence-electron chi connectivity index (χ0n) is 10.9. The molecule has 2 unspecified atom stereocenters. The second-order valence-corrected chi connectivity index (χ2v) is 4.39. The lowest BCUT2D eigenvalue weighted by molar-refractivity contribution is 0.241. The molecule has 96 valence electrons. The molecule has 4 heteroatoms. The molecule has 0 spiro atoms. The highest BCUT2D eigenvalue weighted by molar-refractivity contribution is 5.10. The number of aromatic nitrogens is 1. The van der Waals surface area contributed by atoms with Gasteiger partial charge >= 0.3 is 0 Å². The Morgan fingerprint density at radius 1 is 1.35 bits per heavy atom. The van der Waals surface area contributed by atoms with Crippen molar-refractivity contribution in [2.24, 2.45) is 11.7 Å². The second-order valence-electron chi connectivity index (χ2n) is 4.39. The molecular formula is C13H22FN3.